The highest BCUT2D eigenvalue weighted by Gasteiger charge is 2.37. The molecule has 32 heavy (non-hydrogen) atoms. The Morgan fingerprint density at radius 1 is 1.12 bits per heavy atom. The average molecular weight is 431 g/mol. The molecule has 2 atom stereocenters. The Bertz CT molecular complexity index is 1050. The Morgan fingerprint density at radius 3 is 2.34 bits per heavy atom. The first-order valence-electron chi connectivity index (χ1n) is 10.7. The molecular weight excluding hydrogens is 406 g/mol. The summed E-state index contributed by atoms with van der Waals surface area (Å²) in [4.78, 5) is 38.1. The SMILES string of the molecule is C#C[C@H](CC(N)=O)NC(=O)[C@@H]1CCCN1C(=O)OCC1c2ccccc2-c2ccccc21. The first-order valence-corrected chi connectivity index (χ1v) is 10.7. The summed E-state index contributed by atoms with van der Waals surface area (Å²) in [6.45, 7) is 0.609. The highest BCUT2D eigenvalue weighted by molar-refractivity contribution is 5.87. The van der Waals surface area contributed by atoms with E-state index in [4.69, 9.17) is 16.9 Å². The molecule has 1 heterocycles. The van der Waals surface area contributed by atoms with Crippen LogP contribution in [0.3, 0.4) is 0 Å². The molecule has 0 radical (unpaired) electrons. The van der Waals surface area contributed by atoms with Crippen LogP contribution in [0.5, 0.6) is 0 Å². The van der Waals surface area contributed by atoms with Crippen molar-refractivity contribution >= 4 is 17.9 Å². The smallest absolute Gasteiger partial charge is 0.410 e. The van der Waals surface area contributed by atoms with Crippen molar-refractivity contribution in [2.75, 3.05) is 13.2 Å². The molecule has 164 valence electrons. The van der Waals surface area contributed by atoms with Gasteiger partial charge in [0.1, 0.15) is 12.6 Å². The van der Waals surface area contributed by atoms with Gasteiger partial charge in [-0.3, -0.25) is 14.5 Å². The van der Waals surface area contributed by atoms with E-state index in [1.54, 1.807) is 0 Å². The monoisotopic (exact) mass is 431 g/mol. The van der Waals surface area contributed by atoms with Gasteiger partial charge in [-0.25, -0.2) is 4.79 Å². The van der Waals surface area contributed by atoms with E-state index in [1.807, 2.05) is 24.3 Å². The quantitative estimate of drug-likeness (QED) is 0.686. The standard InChI is InChI=1S/C25H25N3O4/c1-2-16(14-23(26)29)27-24(30)22-12-7-13-28(22)25(31)32-15-21-19-10-5-3-8-17(19)18-9-4-6-11-20(18)21/h1,3-6,8-11,16,21-22H,7,12-15H2,(H2,26,29)(H,27,30)/t16-,22+/m1/s1. The highest BCUT2D eigenvalue weighted by Crippen LogP contribution is 2.44. The van der Waals surface area contributed by atoms with E-state index in [-0.39, 0.29) is 18.9 Å². The third-order valence-corrected chi connectivity index (χ3v) is 6.05. The summed E-state index contributed by atoms with van der Waals surface area (Å²) < 4.78 is 5.69. The number of nitrogens with one attached hydrogen (secondary N) is 1. The van der Waals surface area contributed by atoms with Crippen LogP contribution in [0, 0.1) is 12.3 Å². The van der Waals surface area contributed by atoms with E-state index in [2.05, 4.69) is 35.5 Å². The molecule has 1 saturated heterocycles. The van der Waals surface area contributed by atoms with Crippen molar-refractivity contribution in [3.63, 3.8) is 0 Å². The number of benzene rings is 2. The van der Waals surface area contributed by atoms with E-state index in [0.717, 1.165) is 22.3 Å². The molecule has 0 saturated carbocycles. The number of nitrogens with two attached hydrogens (primary N) is 1. The molecule has 2 aromatic carbocycles. The van der Waals surface area contributed by atoms with Gasteiger partial charge < -0.3 is 15.8 Å². The minimum absolute atomic E-state index is 0.0531. The van der Waals surface area contributed by atoms with Crippen LogP contribution in [0.4, 0.5) is 4.79 Å². The second-order valence-electron chi connectivity index (χ2n) is 8.05. The first kappa shape index (κ1) is 21.4. The number of ether oxygens (including phenoxy) is 1. The average Bonchev–Trinajstić information content (AvgIpc) is 3.40. The van der Waals surface area contributed by atoms with Crippen LogP contribution in [-0.2, 0) is 14.3 Å². The molecule has 0 bridgehead atoms. The van der Waals surface area contributed by atoms with Crippen LogP contribution in [-0.4, -0.2) is 48.0 Å². The lowest BCUT2D eigenvalue weighted by atomic mass is 9.98. The molecule has 1 aliphatic carbocycles. The van der Waals surface area contributed by atoms with E-state index in [0.29, 0.717) is 19.4 Å². The van der Waals surface area contributed by atoms with Gasteiger partial charge in [-0.15, -0.1) is 6.42 Å². The van der Waals surface area contributed by atoms with E-state index >= 15 is 0 Å². The van der Waals surface area contributed by atoms with Crippen molar-refractivity contribution in [3.8, 4) is 23.5 Å². The molecule has 0 spiro atoms. The number of carbonyl (C=O) groups is 3. The minimum atomic E-state index is -0.801. The van der Waals surface area contributed by atoms with Crippen LogP contribution in [0.1, 0.15) is 36.3 Å². The summed E-state index contributed by atoms with van der Waals surface area (Å²) in [5.74, 6) is 1.29. The van der Waals surface area contributed by atoms with Crippen LogP contribution in [0.15, 0.2) is 48.5 Å². The molecule has 7 nitrogen and oxygen atoms in total. The van der Waals surface area contributed by atoms with Gasteiger partial charge in [-0.2, -0.15) is 0 Å². The fourth-order valence-electron chi connectivity index (χ4n) is 4.56. The molecule has 3 N–H and O–H groups in total. The number of fused-ring (bicyclic) bond motifs is 3. The molecule has 2 aromatic rings. The summed E-state index contributed by atoms with van der Waals surface area (Å²) in [7, 11) is 0. The van der Waals surface area contributed by atoms with Gasteiger partial charge in [-0.05, 0) is 35.1 Å². The fourth-order valence-corrected chi connectivity index (χ4v) is 4.56. The number of nitrogens with zero attached hydrogens (tertiary/aromatic N) is 1. The molecule has 1 fully saturated rings. The second-order valence-corrected chi connectivity index (χ2v) is 8.05. The molecule has 0 unspecified atom stereocenters. The van der Waals surface area contributed by atoms with Crippen molar-refractivity contribution < 1.29 is 19.1 Å². The number of rotatable bonds is 6. The van der Waals surface area contributed by atoms with Gasteiger partial charge in [0.15, 0.2) is 0 Å². The maximum atomic E-state index is 12.9. The molecule has 1 aliphatic heterocycles. The van der Waals surface area contributed by atoms with Gasteiger partial charge in [0, 0.05) is 12.5 Å². The third-order valence-electron chi connectivity index (χ3n) is 6.05. The fraction of sp³-hybridized carbons (Fsp3) is 0.320. The van der Waals surface area contributed by atoms with Crippen molar-refractivity contribution in [2.24, 2.45) is 5.73 Å². The van der Waals surface area contributed by atoms with Crippen LogP contribution in [0.25, 0.3) is 11.1 Å². The predicted molar refractivity (Wildman–Crippen MR) is 119 cm³/mol. The maximum Gasteiger partial charge on any atom is 0.410 e. The summed E-state index contributed by atoms with van der Waals surface area (Å²) >= 11 is 0. The van der Waals surface area contributed by atoms with Crippen molar-refractivity contribution in [3.05, 3.63) is 59.7 Å². The number of terminal acetylenes is 1. The summed E-state index contributed by atoms with van der Waals surface area (Å²) in [5.41, 5.74) is 9.72. The largest absolute Gasteiger partial charge is 0.448 e. The Morgan fingerprint density at radius 2 is 1.75 bits per heavy atom. The molecule has 7 heteroatoms. The number of primary amides is 1. The van der Waals surface area contributed by atoms with Crippen LogP contribution >= 0.6 is 0 Å². The lowest BCUT2D eigenvalue weighted by Gasteiger charge is -2.25. The van der Waals surface area contributed by atoms with Gasteiger partial charge in [0.2, 0.25) is 11.8 Å². The van der Waals surface area contributed by atoms with E-state index < -0.39 is 30.0 Å². The second kappa shape index (κ2) is 9.15. The van der Waals surface area contributed by atoms with E-state index in [9.17, 15) is 14.4 Å². The summed E-state index contributed by atoms with van der Waals surface area (Å²) in [6.07, 6.45) is 5.88. The minimum Gasteiger partial charge on any atom is -0.448 e. The highest BCUT2D eigenvalue weighted by atomic mass is 16.6. The molecule has 4 rings (SSSR count). The van der Waals surface area contributed by atoms with Gasteiger partial charge in [0.25, 0.3) is 0 Å². The van der Waals surface area contributed by atoms with Crippen molar-refractivity contribution in [2.45, 2.75) is 37.3 Å². The number of hydrogen-bond donors (Lipinski definition) is 2. The number of amides is 3. The molecule has 2 aliphatic rings. The Labute approximate surface area is 186 Å². The van der Waals surface area contributed by atoms with Crippen LogP contribution in [0.2, 0.25) is 0 Å². The zero-order valence-corrected chi connectivity index (χ0v) is 17.6. The van der Waals surface area contributed by atoms with Gasteiger partial charge >= 0.3 is 6.09 Å². The Kier molecular flexibility index (Phi) is 6.13. The van der Waals surface area contributed by atoms with Crippen LogP contribution < -0.4 is 11.1 Å². The number of hydrogen-bond acceptors (Lipinski definition) is 4. The molecule has 0 aromatic heterocycles. The van der Waals surface area contributed by atoms with Gasteiger partial charge in [0.05, 0.1) is 12.5 Å². The first-order chi connectivity index (χ1) is 15.5. The molecular formula is C25H25N3O4. The summed E-state index contributed by atoms with van der Waals surface area (Å²) in [5, 5.41) is 2.62. The van der Waals surface area contributed by atoms with Crippen molar-refractivity contribution in [1.82, 2.24) is 10.2 Å². The molecule has 3 amide bonds. The number of likely N-dealkylation sites (tertiary alicyclic amines) is 1. The maximum absolute atomic E-state index is 12.9. The third kappa shape index (κ3) is 4.17. The zero-order valence-electron chi connectivity index (χ0n) is 17.6. The number of carbonyl (C=O) groups excluding carboxylic acids is 3. The van der Waals surface area contributed by atoms with Crippen molar-refractivity contribution in [1.29, 1.82) is 0 Å². The Balaban J connectivity index is 1.42. The summed E-state index contributed by atoms with van der Waals surface area (Å²) in [6, 6.07) is 14.7. The lowest BCUT2D eigenvalue weighted by Crippen LogP contribution is -2.49. The predicted octanol–water partition coefficient (Wildman–Crippen LogP) is 2.39. The van der Waals surface area contributed by atoms with Gasteiger partial charge in [-0.1, -0.05) is 54.5 Å². The van der Waals surface area contributed by atoms with E-state index in [1.165, 1.54) is 4.90 Å². The zero-order chi connectivity index (χ0) is 22.7. The lowest BCUT2D eigenvalue weighted by molar-refractivity contribution is -0.125. The topological polar surface area (TPSA) is 102 Å². The normalized spacial score (nSPS) is 17.7. The Hall–Kier alpha value is -3.79.